The molecule has 0 N–H and O–H groups in total. The molecule has 1 saturated carbocycles. The van der Waals surface area contributed by atoms with Crippen LogP contribution in [0.5, 0.6) is 0 Å². The number of aromatic nitrogens is 1. The van der Waals surface area contributed by atoms with Crippen molar-refractivity contribution >= 4 is 16.8 Å². The number of rotatable bonds is 5. The molecule has 3 nitrogen and oxygen atoms in total. The molecule has 0 radical (unpaired) electrons. The average molecular weight is 268 g/mol. The number of aryl methyl sites for hydroxylation is 1. The van der Waals surface area contributed by atoms with Crippen LogP contribution in [0.1, 0.15) is 56.3 Å². The summed E-state index contributed by atoms with van der Waals surface area (Å²) in [4.78, 5) is 23.2. The molecule has 0 aromatic carbocycles. The first kappa shape index (κ1) is 13.3. The van der Waals surface area contributed by atoms with E-state index in [1.165, 1.54) is 0 Å². The Morgan fingerprint density at radius 3 is 2.61 bits per heavy atom. The molecule has 4 heteroatoms. The summed E-state index contributed by atoms with van der Waals surface area (Å²) >= 11 is 5.33. The highest BCUT2D eigenvalue weighted by atomic mass is 35.5. The van der Waals surface area contributed by atoms with Gasteiger partial charge in [-0.15, -0.1) is 0 Å². The van der Waals surface area contributed by atoms with E-state index in [2.05, 4.69) is 13.8 Å². The lowest BCUT2D eigenvalue weighted by atomic mass is 10.1. The fraction of sp³-hybridized carbons (Fsp3) is 0.571. The normalized spacial score (nSPS) is 15.1. The van der Waals surface area contributed by atoms with E-state index >= 15 is 0 Å². The largest absolute Gasteiger partial charge is 0.309 e. The van der Waals surface area contributed by atoms with E-state index in [1.807, 2.05) is 16.7 Å². The van der Waals surface area contributed by atoms with Gasteiger partial charge >= 0.3 is 0 Å². The van der Waals surface area contributed by atoms with Crippen LogP contribution < -0.4 is 5.56 Å². The predicted octanol–water partition coefficient (Wildman–Crippen LogP) is 3.00. The van der Waals surface area contributed by atoms with Gasteiger partial charge in [-0.25, -0.2) is 0 Å². The Morgan fingerprint density at radius 2 is 2.11 bits per heavy atom. The van der Waals surface area contributed by atoms with Gasteiger partial charge in [0, 0.05) is 23.7 Å². The molecule has 1 aromatic heterocycles. The van der Waals surface area contributed by atoms with Crippen molar-refractivity contribution < 1.29 is 4.79 Å². The van der Waals surface area contributed by atoms with Crippen molar-refractivity contribution in [1.29, 1.82) is 0 Å². The Bertz CT molecular complexity index is 515. The van der Waals surface area contributed by atoms with E-state index in [9.17, 15) is 9.59 Å². The van der Waals surface area contributed by atoms with Gasteiger partial charge < -0.3 is 4.57 Å². The fourth-order valence-electron chi connectivity index (χ4n) is 2.21. The second-order valence-corrected chi connectivity index (χ2v) is 5.62. The third kappa shape index (κ3) is 2.83. The third-order valence-electron chi connectivity index (χ3n) is 3.32. The maximum absolute atomic E-state index is 12.4. The zero-order valence-corrected chi connectivity index (χ0v) is 11.5. The first-order valence-corrected chi connectivity index (χ1v) is 6.81. The summed E-state index contributed by atoms with van der Waals surface area (Å²) in [6, 6.07) is 4.22. The summed E-state index contributed by atoms with van der Waals surface area (Å²) in [5.74, 6) is 0.335. The molecule has 98 valence electrons. The average Bonchev–Trinajstić information content (AvgIpc) is 3.10. The van der Waals surface area contributed by atoms with Crippen LogP contribution >= 0.6 is 11.6 Å². The maximum atomic E-state index is 12.4. The van der Waals surface area contributed by atoms with Crippen LogP contribution in [0.4, 0.5) is 0 Å². The number of carbonyl (C=O) groups excluding carboxylic acids is 1. The number of hydrogen-bond acceptors (Lipinski definition) is 2. The summed E-state index contributed by atoms with van der Waals surface area (Å²) in [6.07, 6.45) is 2.82. The molecular formula is C14H18ClNO2. The van der Waals surface area contributed by atoms with Gasteiger partial charge in [-0.1, -0.05) is 19.9 Å². The molecule has 1 aromatic rings. The Hall–Kier alpha value is -1.09. The smallest absolute Gasteiger partial charge is 0.254 e. The van der Waals surface area contributed by atoms with Crippen molar-refractivity contribution in [1.82, 2.24) is 4.57 Å². The van der Waals surface area contributed by atoms with Gasteiger partial charge in [-0.05, 0) is 42.8 Å². The van der Waals surface area contributed by atoms with Gasteiger partial charge in [0.05, 0.1) is 0 Å². The highest BCUT2D eigenvalue weighted by Gasteiger charge is 2.28. The molecule has 18 heavy (non-hydrogen) atoms. The van der Waals surface area contributed by atoms with Crippen molar-refractivity contribution in [3.63, 3.8) is 0 Å². The first-order chi connectivity index (χ1) is 8.50. The van der Waals surface area contributed by atoms with Gasteiger partial charge in [-0.3, -0.25) is 9.59 Å². The Labute approximate surface area is 112 Å². The summed E-state index contributed by atoms with van der Waals surface area (Å²) in [5, 5.41) is -0.389. The Balaban J connectivity index is 2.36. The summed E-state index contributed by atoms with van der Waals surface area (Å²) in [6.45, 7) is 4.19. The minimum atomic E-state index is -0.389. The van der Waals surface area contributed by atoms with Crippen LogP contribution in [-0.2, 0) is 11.2 Å². The molecule has 1 fully saturated rings. The van der Waals surface area contributed by atoms with Crippen molar-refractivity contribution in [3.8, 4) is 0 Å². The summed E-state index contributed by atoms with van der Waals surface area (Å²) in [7, 11) is 0. The Kier molecular flexibility index (Phi) is 3.91. The highest BCUT2D eigenvalue weighted by molar-refractivity contribution is 6.63. The fourth-order valence-corrected chi connectivity index (χ4v) is 2.31. The van der Waals surface area contributed by atoms with E-state index < -0.39 is 0 Å². The van der Waals surface area contributed by atoms with Crippen LogP contribution in [0.25, 0.3) is 0 Å². The third-order valence-corrected chi connectivity index (χ3v) is 3.51. The number of pyridine rings is 1. The monoisotopic (exact) mass is 267 g/mol. The van der Waals surface area contributed by atoms with E-state index in [0.29, 0.717) is 23.9 Å². The molecule has 1 aliphatic carbocycles. The van der Waals surface area contributed by atoms with Crippen molar-refractivity contribution in [3.05, 3.63) is 33.7 Å². The molecule has 0 saturated heterocycles. The summed E-state index contributed by atoms with van der Waals surface area (Å²) in [5.41, 5.74) is 1.84. The second-order valence-electron chi connectivity index (χ2n) is 5.20. The molecule has 0 atom stereocenters. The quantitative estimate of drug-likeness (QED) is 0.770. The molecule has 0 bridgehead atoms. The minimum absolute atomic E-state index is 0.0571. The van der Waals surface area contributed by atoms with Gasteiger partial charge in [0.15, 0.2) is 0 Å². The highest BCUT2D eigenvalue weighted by Crippen LogP contribution is 2.36. The van der Waals surface area contributed by atoms with Crippen LogP contribution in [0, 0.1) is 0 Å². The van der Waals surface area contributed by atoms with E-state index in [1.54, 1.807) is 0 Å². The molecular weight excluding hydrogens is 250 g/mol. The van der Waals surface area contributed by atoms with Crippen molar-refractivity contribution in [2.45, 2.75) is 51.5 Å². The molecule has 0 amide bonds. The number of hydrogen-bond donors (Lipinski definition) is 0. The standard InChI is InChI=1S/C14H18ClNO2/c1-9(2)12-7-3-10(4-8-13(15)17)14(18)16(12)11-5-6-11/h3,7,9,11H,4-6,8H2,1-2H3. The topological polar surface area (TPSA) is 39.1 Å². The van der Waals surface area contributed by atoms with E-state index in [-0.39, 0.29) is 17.2 Å². The van der Waals surface area contributed by atoms with Crippen LogP contribution in [0.15, 0.2) is 16.9 Å². The zero-order chi connectivity index (χ0) is 13.3. The lowest BCUT2D eigenvalue weighted by Crippen LogP contribution is -2.26. The van der Waals surface area contributed by atoms with Crippen molar-refractivity contribution in [2.75, 3.05) is 0 Å². The van der Waals surface area contributed by atoms with E-state index in [4.69, 9.17) is 11.6 Å². The minimum Gasteiger partial charge on any atom is -0.309 e. The predicted molar refractivity (Wildman–Crippen MR) is 72.2 cm³/mol. The van der Waals surface area contributed by atoms with Crippen LogP contribution in [0.2, 0.25) is 0 Å². The lowest BCUT2D eigenvalue weighted by molar-refractivity contribution is -0.111. The molecule has 0 unspecified atom stereocenters. The molecule has 1 aliphatic rings. The van der Waals surface area contributed by atoms with E-state index in [0.717, 1.165) is 18.5 Å². The number of carbonyl (C=O) groups is 1. The van der Waals surface area contributed by atoms with Crippen LogP contribution in [0.3, 0.4) is 0 Å². The maximum Gasteiger partial charge on any atom is 0.254 e. The van der Waals surface area contributed by atoms with Gasteiger partial charge in [0.25, 0.3) is 5.56 Å². The van der Waals surface area contributed by atoms with Crippen LogP contribution in [-0.4, -0.2) is 9.81 Å². The summed E-state index contributed by atoms with van der Waals surface area (Å²) < 4.78 is 1.92. The molecule has 1 heterocycles. The second kappa shape index (κ2) is 5.27. The molecule has 0 aliphatic heterocycles. The number of halogens is 1. The van der Waals surface area contributed by atoms with Gasteiger partial charge in [-0.2, -0.15) is 0 Å². The SMILES string of the molecule is CC(C)c1ccc(CCC(=O)Cl)c(=O)n1C1CC1. The Morgan fingerprint density at radius 1 is 1.44 bits per heavy atom. The van der Waals surface area contributed by atoms with Gasteiger partial charge in [0.1, 0.15) is 0 Å². The van der Waals surface area contributed by atoms with Gasteiger partial charge in [0.2, 0.25) is 5.24 Å². The zero-order valence-electron chi connectivity index (χ0n) is 10.8. The van der Waals surface area contributed by atoms with Crippen molar-refractivity contribution in [2.24, 2.45) is 0 Å². The first-order valence-electron chi connectivity index (χ1n) is 6.43. The molecule has 0 spiro atoms. The lowest BCUT2D eigenvalue weighted by Gasteiger charge is -2.16. The number of nitrogens with zero attached hydrogens (tertiary/aromatic N) is 1. The molecule has 2 rings (SSSR count).